The number of unbranched alkanes of at least 4 members (excludes halogenated alkanes) is 6. The number of hydrogen-bond acceptors (Lipinski definition) is 4. The van der Waals surface area contributed by atoms with Gasteiger partial charge in [-0.05, 0) is 68.7 Å². The monoisotopic (exact) mass is 561 g/mol. The molecule has 6 rings (SSSR count). The highest BCUT2D eigenvalue weighted by molar-refractivity contribution is 6.39. The summed E-state index contributed by atoms with van der Waals surface area (Å²) in [6.07, 6.45) is 10.7. The molecule has 0 N–H and O–H groups in total. The predicted molar refractivity (Wildman–Crippen MR) is 171 cm³/mol. The summed E-state index contributed by atoms with van der Waals surface area (Å²) in [6, 6.07) is 17.5. The van der Waals surface area contributed by atoms with Crippen LogP contribution >= 0.6 is 0 Å². The number of ether oxygens (including phenoxy) is 1. The van der Waals surface area contributed by atoms with Gasteiger partial charge in [-0.1, -0.05) is 102 Å². The van der Waals surface area contributed by atoms with Crippen LogP contribution in [0.25, 0.3) is 43.1 Å². The van der Waals surface area contributed by atoms with Gasteiger partial charge >= 0.3 is 5.97 Å². The predicted octanol–water partition coefficient (Wildman–Crippen LogP) is 9.43. The molecule has 5 nitrogen and oxygen atoms in total. The van der Waals surface area contributed by atoms with E-state index in [4.69, 9.17) is 4.74 Å². The van der Waals surface area contributed by atoms with Gasteiger partial charge in [0.05, 0.1) is 12.7 Å². The maximum Gasteiger partial charge on any atom is 0.338 e. The molecular formula is C37H39NO4. The second-order valence-corrected chi connectivity index (χ2v) is 11.8. The summed E-state index contributed by atoms with van der Waals surface area (Å²) in [5.74, 6) is -0.709. The molecule has 1 aliphatic heterocycles. The molecule has 0 saturated heterocycles. The zero-order valence-electron chi connectivity index (χ0n) is 24.9. The van der Waals surface area contributed by atoms with E-state index in [-0.39, 0.29) is 23.8 Å². The average molecular weight is 562 g/mol. The molecule has 42 heavy (non-hydrogen) atoms. The number of carbonyl (C=O) groups is 3. The zero-order valence-corrected chi connectivity index (χ0v) is 24.9. The van der Waals surface area contributed by atoms with Gasteiger partial charge in [0.25, 0.3) is 11.8 Å². The van der Waals surface area contributed by atoms with Gasteiger partial charge in [-0.25, -0.2) is 4.79 Å². The number of benzene rings is 5. The highest BCUT2D eigenvalue weighted by Crippen LogP contribution is 2.45. The van der Waals surface area contributed by atoms with Gasteiger partial charge in [-0.3, -0.25) is 14.5 Å². The van der Waals surface area contributed by atoms with E-state index in [9.17, 15) is 14.4 Å². The van der Waals surface area contributed by atoms with Crippen LogP contribution in [0.15, 0.2) is 54.6 Å². The van der Waals surface area contributed by atoms with Crippen LogP contribution in [0.2, 0.25) is 0 Å². The Bertz CT molecular complexity index is 1740. The minimum atomic E-state index is -0.370. The third-order valence-corrected chi connectivity index (χ3v) is 9.23. The molecule has 0 aromatic heterocycles. The Balaban J connectivity index is 1.50. The Hall–Kier alpha value is -3.99. The number of imide groups is 1. The van der Waals surface area contributed by atoms with Gasteiger partial charge in [-0.2, -0.15) is 0 Å². The van der Waals surface area contributed by atoms with Crippen molar-refractivity contribution in [2.24, 2.45) is 0 Å². The summed E-state index contributed by atoms with van der Waals surface area (Å²) in [5.41, 5.74) is 1.75. The van der Waals surface area contributed by atoms with Crippen molar-refractivity contribution in [2.75, 3.05) is 7.11 Å². The standard InChI is InChI=1S/C37H39NO4/c1-4-6-8-10-13-23(14-11-9-7-5-2)38-35(39)30-21-18-27-24-15-12-16-25-29(37(41)42-3)20-17-26(32(24)25)28-19-22-31(36(38)40)34(30)33(27)28/h12,15-23H,4-11,13-14H2,1-3H3. The summed E-state index contributed by atoms with van der Waals surface area (Å²) >= 11 is 0. The number of amides is 2. The molecule has 0 bridgehead atoms. The largest absolute Gasteiger partial charge is 0.465 e. The lowest BCUT2D eigenvalue weighted by atomic mass is 9.83. The van der Waals surface area contributed by atoms with E-state index >= 15 is 0 Å². The summed E-state index contributed by atoms with van der Waals surface area (Å²) in [4.78, 5) is 42.6. The molecule has 0 fully saturated rings. The molecule has 0 aliphatic carbocycles. The van der Waals surface area contributed by atoms with Crippen molar-refractivity contribution < 1.29 is 19.1 Å². The van der Waals surface area contributed by atoms with E-state index in [1.807, 2.05) is 48.5 Å². The Morgan fingerprint density at radius 1 is 0.643 bits per heavy atom. The number of nitrogens with zero attached hydrogens (tertiary/aromatic N) is 1. The molecule has 0 saturated carbocycles. The van der Waals surface area contributed by atoms with Crippen LogP contribution < -0.4 is 0 Å². The third kappa shape index (κ3) is 4.50. The molecular weight excluding hydrogens is 522 g/mol. The molecule has 0 radical (unpaired) electrons. The number of carbonyl (C=O) groups excluding carboxylic acids is 3. The number of hydrogen-bond donors (Lipinski definition) is 0. The molecule has 0 spiro atoms. The minimum Gasteiger partial charge on any atom is -0.465 e. The molecule has 0 atom stereocenters. The van der Waals surface area contributed by atoms with Crippen LogP contribution in [0.5, 0.6) is 0 Å². The summed E-state index contributed by atoms with van der Waals surface area (Å²) < 4.78 is 5.06. The van der Waals surface area contributed by atoms with Crippen LogP contribution in [0.1, 0.15) is 109 Å². The summed E-state index contributed by atoms with van der Waals surface area (Å²) in [7, 11) is 1.40. The van der Waals surface area contributed by atoms with E-state index in [2.05, 4.69) is 19.9 Å². The SMILES string of the molecule is CCCCCCC(CCCCCC)N1C(=O)c2ccc3c4cccc5c(C(=O)OC)ccc(c6ccc(c2c36)C1=O)c54. The van der Waals surface area contributed by atoms with Crippen LogP contribution in [0.3, 0.4) is 0 Å². The van der Waals surface area contributed by atoms with Crippen LogP contribution in [-0.2, 0) is 4.74 Å². The number of esters is 1. The molecule has 0 unspecified atom stereocenters. The van der Waals surface area contributed by atoms with E-state index in [0.717, 1.165) is 94.5 Å². The van der Waals surface area contributed by atoms with Crippen molar-refractivity contribution in [2.45, 2.75) is 84.1 Å². The quantitative estimate of drug-likeness (QED) is 0.0500. The molecule has 1 heterocycles. The van der Waals surface area contributed by atoms with E-state index in [1.165, 1.54) is 20.0 Å². The van der Waals surface area contributed by atoms with Gasteiger partial charge < -0.3 is 4.74 Å². The topological polar surface area (TPSA) is 63.7 Å². The van der Waals surface area contributed by atoms with Crippen molar-refractivity contribution >= 4 is 60.9 Å². The minimum absolute atomic E-state index is 0.0830. The first-order valence-electron chi connectivity index (χ1n) is 15.6. The van der Waals surface area contributed by atoms with Crippen molar-refractivity contribution in [3.8, 4) is 0 Å². The molecule has 5 heteroatoms. The number of rotatable bonds is 12. The lowest BCUT2D eigenvalue weighted by molar-refractivity contribution is 0.0515. The van der Waals surface area contributed by atoms with Crippen molar-refractivity contribution in [3.63, 3.8) is 0 Å². The maximum absolute atomic E-state index is 14.2. The fraction of sp³-hybridized carbons (Fsp3) is 0.378. The lowest BCUT2D eigenvalue weighted by Crippen LogP contribution is -2.47. The van der Waals surface area contributed by atoms with E-state index in [0.29, 0.717) is 16.7 Å². The first-order valence-corrected chi connectivity index (χ1v) is 15.6. The van der Waals surface area contributed by atoms with Crippen molar-refractivity contribution in [1.29, 1.82) is 0 Å². The fourth-order valence-corrected chi connectivity index (χ4v) is 7.14. The van der Waals surface area contributed by atoms with E-state index < -0.39 is 0 Å². The molecule has 1 aliphatic rings. The van der Waals surface area contributed by atoms with Crippen LogP contribution in [0.4, 0.5) is 0 Å². The smallest absolute Gasteiger partial charge is 0.338 e. The Morgan fingerprint density at radius 3 is 1.74 bits per heavy atom. The van der Waals surface area contributed by atoms with Gasteiger partial charge in [0.15, 0.2) is 0 Å². The van der Waals surface area contributed by atoms with Crippen LogP contribution in [-0.4, -0.2) is 35.8 Å². The molecule has 2 amide bonds. The van der Waals surface area contributed by atoms with Gasteiger partial charge in [0, 0.05) is 22.6 Å². The average Bonchev–Trinajstić information content (AvgIpc) is 3.02. The fourth-order valence-electron chi connectivity index (χ4n) is 7.14. The lowest BCUT2D eigenvalue weighted by Gasteiger charge is -2.34. The normalized spacial score (nSPS) is 13.5. The number of methoxy groups -OCH3 is 1. The Kier molecular flexibility index (Phi) is 7.85. The highest BCUT2D eigenvalue weighted by Gasteiger charge is 2.38. The maximum atomic E-state index is 14.2. The Morgan fingerprint density at radius 2 is 1.17 bits per heavy atom. The van der Waals surface area contributed by atoms with Crippen molar-refractivity contribution in [3.05, 3.63) is 71.3 Å². The van der Waals surface area contributed by atoms with Crippen molar-refractivity contribution in [1.82, 2.24) is 4.90 Å². The van der Waals surface area contributed by atoms with Gasteiger partial charge in [0.1, 0.15) is 0 Å². The van der Waals surface area contributed by atoms with Crippen LogP contribution in [0, 0.1) is 0 Å². The second kappa shape index (κ2) is 11.7. The van der Waals surface area contributed by atoms with E-state index in [1.54, 1.807) is 4.90 Å². The zero-order chi connectivity index (χ0) is 29.4. The van der Waals surface area contributed by atoms with Gasteiger partial charge in [0.2, 0.25) is 0 Å². The second-order valence-electron chi connectivity index (χ2n) is 11.8. The highest BCUT2D eigenvalue weighted by atomic mass is 16.5. The molecule has 5 aromatic carbocycles. The third-order valence-electron chi connectivity index (χ3n) is 9.23. The summed E-state index contributed by atoms with van der Waals surface area (Å²) in [5, 5.41) is 7.48. The Labute approximate surface area is 247 Å². The summed E-state index contributed by atoms with van der Waals surface area (Å²) in [6.45, 7) is 4.40. The first kappa shape index (κ1) is 28.1. The molecule has 5 aromatic rings. The first-order chi connectivity index (χ1) is 20.5. The van der Waals surface area contributed by atoms with Gasteiger partial charge in [-0.15, -0.1) is 0 Å². The molecule has 216 valence electrons. The number of fused-ring (bicyclic) bond motifs is 2.